The van der Waals surface area contributed by atoms with Gasteiger partial charge >= 0.3 is 0 Å². The van der Waals surface area contributed by atoms with Crippen molar-refractivity contribution in [1.82, 2.24) is 14.7 Å². The third kappa shape index (κ3) is 4.93. The van der Waals surface area contributed by atoms with Gasteiger partial charge in [0, 0.05) is 23.8 Å². The first-order valence-electron chi connectivity index (χ1n) is 11.2. The van der Waals surface area contributed by atoms with E-state index in [1.807, 2.05) is 33.9 Å². The van der Waals surface area contributed by atoms with Crippen molar-refractivity contribution in [3.8, 4) is 17.0 Å². The van der Waals surface area contributed by atoms with Crippen LogP contribution in [0.2, 0.25) is 0 Å². The highest BCUT2D eigenvalue weighted by atomic mass is 32.2. The van der Waals surface area contributed by atoms with Crippen LogP contribution >= 0.6 is 0 Å². The van der Waals surface area contributed by atoms with Crippen LogP contribution in [0.4, 0.5) is 5.82 Å². The average molecular weight is 497 g/mol. The van der Waals surface area contributed by atoms with Crippen LogP contribution in [0.15, 0.2) is 64.4 Å². The van der Waals surface area contributed by atoms with E-state index in [9.17, 15) is 18.0 Å². The molecular formula is C25H28N4O5S. The lowest BCUT2D eigenvalue weighted by Crippen LogP contribution is -2.41. The lowest BCUT2D eigenvalue weighted by atomic mass is 9.97. The maximum absolute atomic E-state index is 13.3. The molecule has 3 heterocycles. The van der Waals surface area contributed by atoms with Gasteiger partial charge in [-0.05, 0) is 62.6 Å². The van der Waals surface area contributed by atoms with E-state index in [1.165, 1.54) is 12.3 Å². The number of aromatic amines is 1. The van der Waals surface area contributed by atoms with Crippen molar-refractivity contribution in [2.45, 2.75) is 37.6 Å². The molecule has 2 aromatic heterocycles. The van der Waals surface area contributed by atoms with Crippen LogP contribution in [0, 0.1) is 5.92 Å². The molecule has 1 aromatic carbocycles. The Hall–Kier alpha value is -3.66. The highest BCUT2D eigenvalue weighted by Gasteiger charge is 2.39. The second-order valence-corrected chi connectivity index (χ2v) is 11.0. The minimum Gasteiger partial charge on any atom is -0.497 e. The third-order valence-electron chi connectivity index (χ3n) is 6.11. The van der Waals surface area contributed by atoms with Gasteiger partial charge in [0.25, 0.3) is 21.5 Å². The number of amides is 1. The fraction of sp³-hybridized carbons (Fsp3) is 0.320. The Kier molecular flexibility index (Phi) is 6.42. The van der Waals surface area contributed by atoms with Gasteiger partial charge in [-0.2, -0.15) is 0 Å². The molecular weight excluding hydrogens is 468 g/mol. The predicted molar refractivity (Wildman–Crippen MR) is 133 cm³/mol. The smallest absolute Gasteiger partial charge is 0.269 e. The number of anilines is 1. The Balaban J connectivity index is 1.79. The second-order valence-electron chi connectivity index (χ2n) is 9.33. The summed E-state index contributed by atoms with van der Waals surface area (Å²) in [6, 6.07) is 13.2. The molecule has 0 bridgehead atoms. The van der Waals surface area contributed by atoms with E-state index in [0.717, 1.165) is 18.1 Å². The number of hydrogen-bond donors (Lipinski definition) is 2. The molecule has 0 aliphatic carbocycles. The number of hydrogen-bond acceptors (Lipinski definition) is 7. The lowest BCUT2D eigenvalue weighted by Gasteiger charge is -2.34. The van der Waals surface area contributed by atoms with Crippen molar-refractivity contribution >= 4 is 21.7 Å². The van der Waals surface area contributed by atoms with Gasteiger partial charge in [0.1, 0.15) is 11.6 Å². The zero-order chi connectivity index (χ0) is 25.4. The van der Waals surface area contributed by atoms with Crippen molar-refractivity contribution in [1.29, 1.82) is 0 Å². The summed E-state index contributed by atoms with van der Waals surface area (Å²) in [5, 5.41) is 0. The van der Waals surface area contributed by atoms with Crippen molar-refractivity contribution in [3.63, 3.8) is 0 Å². The third-order valence-corrected chi connectivity index (χ3v) is 7.47. The highest BCUT2D eigenvalue weighted by Crippen LogP contribution is 2.38. The first-order chi connectivity index (χ1) is 16.5. The fourth-order valence-electron chi connectivity index (χ4n) is 4.58. The standard InChI is InChI=1S/C25H28N4O5S/c1-16-14-25(2,3)29(15-16)22-19(10-11-20(27-22)17-7-5-8-18(13-17)34-4)23(30)28-35(32,33)21-9-6-12-26-24(21)31/h5-13,16H,14-15H2,1-4H3,(H,26,31)(H,28,30)/t16-/m0/s1. The Bertz CT molecular complexity index is 1430. The maximum atomic E-state index is 13.3. The van der Waals surface area contributed by atoms with Crippen LogP contribution in [0.25, 0.3) is 11.3 Å². The number of ether oxygens (including phenoxy) is 1. The van der Waals surface area contributed by atoms with Crippen LogP contribution in [0.1, 0.15) is 37.6 Å². The molecule has 1 aliphatic heterocycles. The number of benzene rings is 1. The first kappa shape index (κ1) is 24.5. The molecule has 3 aromatic rings. The van der Waals surface area contributed by atoms with E-state index in [0.29, 0.717) is 29.7 Å². The quantitative estimate of drug-likeness (QED) is 0.537. The molecule has 2 N–H and O–H groups in total. The number of pyridine rings is 2. The number of carbonyl (C=O) groups excluding carboxylic acids is 1. The van der Waals surface area contributed by atoms with Crippen LogP contribution in [-0.4, -0.2) is 43.5 Å². The van der Waals surface area contributed by atoms with Crippen molar-refractivity contribution in [3.05, 3.63) is 70.6 Å². The molecule has 9 nitrogen and oxygen atoms in total. The molecule has 35 heavy (non-hydrogen) atoms. The number of carbonyl (C=O) groups is 1. The van der Waals surface area contributed by atoms with Crippen LogP contribution in [0.3, 0.4) is 0 Å². The number of rotatable bonds is 6. The van der Waals surface area contributed by atoms with Crippen molar-refractivity contribution in [2.24, 2.45) is 5.92 Å². The molecule has 10 heteroatoms. The zero-order valence-corrected chi connectivity index (χ0v) is 20.8. The van der Waals surface area contributed by atoms with Crippen LogP contribution in [-0.2, 0) is 10.0 Å². The minimum atomic E-state index is -4.40. The topological polar surface area (TPSA) is 121 Å². The molecule has 0 unspecified atom stereocenters. The number of nitrogens with one attached hydrogen (secondary N) is 2. The predicted octanol–water partition coefficient (Wildman–Crippen LogP) is 3.19. The normalized spacial score (nSPS) is 17.3. The molecule has 1 atom stereocenters. The van der Waals surface area contributed by atoms with Gasteiger partial charge in [0.05, 0.1) is 18.4 Å². The molecule has 1 saturated heterocycles. The van der Waals surface area contributed by atoms with Crippen molar-refractivity contribution < 1.29 is 17.9 Å². The van der Waals surface area contributed by atoms with Crippen molar-refractivity contribution in [2.75, 3.05) is 18.6 Å². The molecule has 184 valence electrons. The summed E-state index contributed by atoms with van der Waals surface area (Å²) in [6.07, 6.45) is 2.20. The summed E-state index contributed by atoms with van der Waals surface area (Å²) in [5.41, 5.74) is 0.409. The average Bonchev–Trinajstić information content (AvgIpc) is 3.10. The second kappa shape index (κ2) is 9.18. The fourth-order valence-corrected chi connectivity index (χ4v) is 5.61. The molecule has 4 rings (SSSR count). The Morgan fingerprint density at radius 3 is 2.63 bits per heavy atom. The number of methoxy groups -OCH3 is 1. The Morgan fingerprint density at radius 2 is 1.97 bits per heavy atom. The van der Waals surface area contributed by atoms with E-state index in [1.54, 1.807) is 19.2 Å². The van der Waals surface area contributed by atoms with Gasteiger partial charge in [0.2, 0.25) is 0 Å². The molecule has 1 fully saturated rings. The van der Waals surface area contributed by atoms with E-state index in [2.05, 4.69) is 25.8 Å². The number of sulfonamides is 1. The molecule has 0 radical (unpaired) electrons. The molecule has 1 amide bonds. The summed E-state index contributed by atoms with van der Waals surface area (Å²) < 4.78 is 33.0. The van der Waals surface area contributed by atoms with E-state index < -0.39 is 26.4 Å². The monoisotopic (exact) mass is 496 g/mol. The van der Waals surface area contributed by atoms with E-state index in [4.69, 9.17) is 9.72 Å². The van der Waals surface area contributed by atoms with Crippen LogP contribution in [0.5, 0.6) is 5.75 Å². The first-order valence-corrected chi connectivity index (χ1v) is 12.7. The Morgan fingerprint density at radius 1 is 1.20 bits per heavy atom. The molecule has 0 saturated carbocycles. The van der Waals surface area contributed by atoms with Gasteiger partial charge in [-0.1, -0.05) is 19.1 Å². The SMILES string of the molecule is COc1cccc(-c2ccc(C(=O)NS(=O)(=O)c3ccc[nH]c3=O)c(N3C[C@@H](C)CC3(C)C)n2)c1. The Labute approximate surface area is 204 Å². The molecule has 0 spiro atoms. The summed E-state index contributed by atoms with van der Waals surface area (Å²) >= 11 is 0. The van der Waals surface area contributed by atoms with Gasteiger partial charge in [0.15, 0.2) is 4.90 Å². The van der Waals surface area contributed by atoms with E-state index >= 15 is 0 Å². The minimum absolute atomic E-state index is 0.106. The van der Waals surface area contributed by atoms with Gasteiger partial charge < -0.3 is 14.6 Å². The number of H-pyrrole nitrogens is 1. The highest BCUT2D eigenvalue weighted by molar-refractivity contribution is 7.90. The lowest BCUT2D eigenvalue weighted by molar-refractivity contribution is 0.0981. The number of nitrogens with zero attached hydrogens (tertiary/aromatic N) is 2. The summed E-state index contributed by atoms with van der Waals surface area (Å²) in [5.74, 6) is 0.550. The summed E-state index contributed by atoms with van der Waals surface area (Å²) in [7, 11) is -2.81. The molecule has 1 aliphatic rings. The zero-order valence-electron chi connectivity index (χ0n) is 20.0. The summed E-state index contributed by atoms with van der Waals surface area (Å²) in [6.45, 7) is 6.92. The van der Waals surface area contributed by atoms with Gasteiger partial charge in [-0.15, -0.1) is 0 Å². The number of aromatic nitrogens is 2. The maximum Gasteiger partial charge on any atom is 0.269 e. The van der Waals surface area contributed by atoms with Gasteiger partial charge in [-0.25, -0.2) is 18.1 Å². The largest absolute Gasteiger partial charge is 0.497 e. The van der Waals surface area contributed by atoms with E-state index in [-0.39, 0.29) is 11.1 Å². The van der Waals surface area contributed by atoms with Gasteiger partial charge in [-0.3, -0.25) is 9.59 Å². The summed E-state index contributed by atoms with van der Waals surface area (Å²) in [4.78, 5) is 33.9. The van der Waals surface area contributed by atoms with Crippen LogP contribution < -0.4 is 19.9 Å².